The van der Waals surface area contributed by atoms with Crippen LogP contribution < -0.4 is 5.32 Å². The molecule has 0 aliphatic carbocycles. The van der Waals surface area contributed by atoms with Crippen LogP contribution in [0.1, 0.15) is 12.0 Å². The first-order valence-electron chi connectivity index (χ1n) is 7.76. The molecule has 0 radical (unpaired) electrons. The number of benzene rings is 1. The number of hydrogen-bond donors (Lipinski definition) is 2. The van der Waals surface area contributed by atoms with E-state index in [1.165, 1.54) is 18.0 Å². The number of carbonyl (C=O) groups is 1. The van der Waals surface area contributed by atoms with Crippen LogP contribution in [-0.2, 0) is 15.1 Å². The fourth-order valence-electron chi connectivity index (χ4n) is 3.49. The summed E-state index contributed by atoms with van der Waals surface area (Å²) in [5.74, 6) is -0.760. The predicted octanol–water partition coefficient (Wildman–Crippen LogP) is -0.108. The van der Waals surface area contributed by atoms with Crippen LogP contribution in [0.15, 0.2) is 18.2 Å². The number of aliphatic hydroxyl groups excluding tert-OH is 1. The van der Waals surface area contributed by atoms with Gasteiger partial charge in [0.2, 0.25) is 0 Å². The van der Waals surface area contributed by atoms with Crippen LogP contribution in [0.25, 0.3) is 0 Å². The van der Waals surface area contributed by atoms with Crippen molar-refractivity contribution in [1.82, 2.24) is 10.2 Å². The molecule has 0 bridgehead atoms. The van der Waals surface area contributed by atoms with Gasteiger partial charge in [-0.2, -0.15) is 0 Å². The molecule has 2 heterocycles. The summed E-state index contributed by atoms with van der Waals surface area (Å²) in [5.41, 5.74) is -0.991. The first-order chi connectivity index (χ1) is 11.9. The Labute approximate surface area is 143 Å². The third kappa shape index (κ3) is 2.81. The number of amides is 1. The molecule has 1 aromatic rings. The second-order valence-corrected chi connectivity index (χ2v) is 6.18. The molecular formula is C16H16BF2N3O3. The summed E-state index contributed by atoms with van der Waals surface area (Å²) in [6, 6.07) is 3.13. The summed E-state index contributed by atoms with van der Waals surface area (Å²) >= 11 is 0. The van der Waals surface area contributed by atoms with Crippen molar-refractivity contribution in [2.24, 2.45) is 5.92 Å². The molecule has 0 spiro atoms. The minimum atomic E-state index is -1.28. The van der Waals surface area contributed by atoms with E-state index in [2.05, 4.69) is 5.32 Å². The summed E-state index contributed by atoms with van der Waals surface area (Å²) in [6.45, 7) is 0.777. The summed E-state index contributed by atoms with van der Waals surface area (Å²) in [4.78, 5) is 14.2. The van der Waals surface area contributed by atoms with Crippen LogP contribution in [0.4, 0.5) is 8.78 Å². The molecule has 2 N–H and O–H groups in total. The van der Waals surface area contributed by atoms with Gasteiger partial charge in [0.25, 0.3) is 0 Å². The standard InChI is InChI=1S/C16H16BF2N3O3/c1-22-14(24)12-5-10(6-23)25-7-16(12,21-15(22)17-8-20)11-3-2-9(18)4-13(11)19/h2-4,10,12,21,23H,5-7H2,1H3. The molecule has 130 valence electrons. The van der Waals surface area contributed by atoms with Gasteiger partial charge in [0.15, 0.2) is 0 Å². The number of carbonyl (C=O) groups excluding carboxylic acids is 1. The molecule has 2 aliphatic heterocycles. The van der Waals surface area contributed by atoms with Crippen molar-refractivity contribution >= 4 is 18.5 Å². The maximum absolute atomic E-state index is 14.5. The van der Waals surface area contributed by atoms with E-state index in [0.29, 0.717) is 0 Å². The number of nitrogens with one attached hydrogen (secondary N) is 1. The normalized spacial score (nSPS) is 30.3. The maximum atomic E-state index is 14.5. The topological polar surface area (TPSA) is 85.6 Å². The summed E-state index contributed by atoms with van der Waals surface area (Å²) in [5, 5.41) is 21.4. The van der Waals surface area contributed by atoms with Crippen molar-refractivity contribution in [2.45, 2.75) is 18.1 Å². The van der Waals surface area contributed by atoms with Crippen molar-refractivity contribution in [2.75, 3.05) is 20.3 Å². The second-order valence-electron chi connectivity index (χ2n) is 6.18. The van der Waals surface area contributed by atoms with Crippen LogP contribution in [0.3, 0.4) is 0 Å². The molecule has 3 atom stereocenters. The van der Waals surface area contributed by atoms with Crippen molar-refractivity contribution in [3.63, 3.8) is 0 Å². The van der Waals surface area contributed by atoms with Crippen molar-refractivity contribution in [1.29, 1.82) is 5.26 Å². The Morgan fingerprint density at radius 3 is 2.96 bits per heavy atom. The fraction of sp³-hybridized carbons (Fsp3) is 0.438. The number of aliphatic hydroxyl groups is 1. The van der Waals surface area contributed by atoms with E-state index >= 15 is 0 Å². The van der Waals surface area contributed by atoms with E-state index in [0.717, 1.165) is 19.1 Å². The van der Waals surface area contributed by atoms with E-state index in [1.807, 2.05) is 5.97 Å². The van der Waals surface area contributed by atoms with Crippen molar-refractivity contribution in [3.8, 4) is 5.97 Å². The van der Waals surface area contributed by atoms with Crippen LogP contribution in [0, 0.1) is 28.8 Å². The van der Waals surface area contributed by atoms with Gasteiger partial charge in [-0.05, 0) is 0 Å². The average Bonchev–Trinajstić information content (AvgIpc) is 2.59. The van der Waals surface area contributed by atoms with Gasteiger partial charge < -0.3 is 0 Å². The van der Waals surface area contributed by atoms with Gasteiger partial charge in [-0.15, -0.1) is 0 Å². The van der Waals surface area contributed by atoms with Crippen molar-refractivity contribution < 1.29 is 23.4 Å². The number of nitriles is 1. The van der Waals surface area contributed by atoms with Gasteiger partial charge in [-0.3, -0.25) is 0 Å². The zero-order chi connectivity index (χ0) is 18.2. The Morgan fingerprint density at radius 2 is 2.32 bits per heavy atom. The molecule has 3 rings (SSSR count). The molecule has 9 heteroatoms. The van der Waals surface area contributed by atoms with Gasteiger partial charge in [-0.1, -0.05) is 0 Å². The molecule has 1 amide bonds. The molecule has 0 aromatic heterocycles. The minimum absolute atomic E-state index is 0.0839. The zero-order valence-electron chi connectivity index (χ0n) is 13.5. The zero-order valence-corrected chi connectivity index (χ0v) is 13.5. The summed E-state index contributed by atoms with van der Waals surface area (Å²) in [6.07, 6.45) is -0.383. The first kappa shape index (κ1) is 17.5. The molecule has 2 aliphatic rings. The molecule has 1 aromatic carbocycles. The second kappa shape index (κ2) is 6.54. The van der Waals surface area contributed by atoms with E-state index < -0.39 is 29.2 Å². The number of ether oxygens (including phenoxy) is 1. The van der Waals surface area contributed by atoms with Crippen molar-refractivity contribution in [3.05, 3.63) is 35.4 Å². The molecular weight excluding hydrogens is 331 g/mol. The van der Waals surface area contributed by atoms with Gasteiger partial charge in [0, 0.05) is 0 Å². The molecule has 2 fully saturated rings. The first-order valence-corrected chi connectivity index (χ1v) is 7.76. The predicted molar refractivity (Wildman–Crippen MR) is 85.2 cm³/mol. The monoisotopic (exact) mass is 347 g/mol. The fourth-order valence-corrected chi connectivity index (χ4v) is 3.49. The molecule has 6 nitrogen and oxygen atoms in total. The quantitative estimate of drug-likeness (QED) is 0.730. The summed E-state index contributed by atoms with van der Waals surface area (Å²) in [7, 11) is 1.51. The van der Waals surface area contributed by atoms with E-state index in [9.17, 15) is 18.7 Å². The van der Waals surface area contributed by atoms with Crippen LogP contribution in [0.2, 0.25) is 0 Å². The number of halogens is 2. The number of hydrogen-bond acceptors (Lipinski definition) is 5. The van der Waals surface area contributed by atoms with Gasteiger partial charge >= 0.3 is 143 Å². The van der Waals surface area contributed by atoms with Crippen LogP contribution in [0.5, 0.6) is 0 Å². The Balaban J connectivity index is 2.15. The average molecular weight is 347 g/mol. The van der Waals surface area contributed by atoms with E-state index in [4.69, 9.17) is 10.00 Å². The Kier molecular flexibility index (Phi) is 4.58. The third-order valence-electron chi connectivity index (χ3n) is 4.80. The number of nitrogens with zero attached hydrogens (tertiary/aromatic N) is 2. The number of fused-ring (bicyclic) bond motifs is 1. The third-order valence-corrected chi connectivity index (χ3v) is 4.80. The van der Waals surface area contributed by atoms with Crippen LogP contribution in [-0.4, -0.2) is 54.9 Å². The van der Waals surface area contributed by atoms with E-state index in [1.54, 1.807) is 0 Å². The molecule has 3 unspecified atom stereocenters. The molecule has 0 saturated carbocycles. The molecule has 2 saturated heterocycles. The molecule has 25 heavy (non-hydrogen) atoms. The van der Waals surface area contributed by atoms with Gasteiger partial charge in [0.1, 0.15) is 0 Å². The van der Waals surface area contributed by atoms with E-state index in [-0.39, 0.29) is 36.8 Å². The Bertz CT molecular complexity index is 782. The SMILES string of the molecule is CN1C(=O)C2CC(CO)OCC2(c2ccc(F)cc2F)NC1=BC#N. The van der Waals surface area contributed by atoms with Gasteiger partial charge in [-0.25, -0.2) is 0 Å². The Morgan fingerprint density at radius 1 is 1.56 bits per heavy atom. The van der Waals surface area contributed by atoms with Gasteiger partial charge in [0.05, 0.1) is 0 Å². The Hall–Kier alpha value is -2.31. The van der Waals surface area contributed by atoms with Crippen LogP contribution >= 0.6 is 0 Å². The summed E-state index contributed by atoms with van der Waals surface area (Å²) < 4.78 is 33.5. The number of rotatable bonds is 2.